The molecule has 5 rings (SSSR count). The zero-order valence-corrected chi connectivity index (χ0v) is 16.7. The lowest BCUT2D eigenvalue weighted by molar-refractivity contribution is 0.0618. The van der Waals surface area contributed by atoms with Gasteiger partial charge in [0.2, 0.25) is 0 Å². The molecule has 3 saturated heterocycles. The number of hydrogen-bond acceptors (Lipinski definition) is 5. The topological polar surface area (TPSA) is 61.6 Å². The van der Waals surface area contributed by atoms with E-state index in [0.29, 0.717) is 23.7 Å². The molecule has 6 nitrogen and oxygen atoms in total. The summed E-state index contributed by atoms with van der Waals surface area (Å²) in [7, 11) is 0. The first-order valence-electron chi connectivity index (χ1n) is 10.1. The molecular formula is C21H30N4O2. The molecule has 0 aliphatic carbocycles. The Labute approximate surface area is 160 Å². The van der Waals surface area contributed by atoms with E-state index >= 15 is 0 Å². The predicted octanol–water partition coefficient (Wildman–Crippen LogP) is 3.28. The Hall–Kier alpha value is -2.08. The molecule has 1 amide bonds. The van der Waals surface area contributed by atoms with E-state index in [4.69, 9.17) is 4.42 Å². The summed E-state index contributed by atoms with van der Waals surface area (Å²) in [5.74, 6) is 0.521. The minimum absolute atomic E-state index is 0.0801. The Kier molecular flexibility index (Phi) is 4.84. The number of aromatic nitrogens is 1. The lowest BCUT2D eigenvalue weighted by Gasteiger charge is -2.44. The van der Waals surface area contributed by atoms with Crippen LogP contribution < -0.4 is 10.2 Å². The molecule has 0 radical (unpaired) electrons. The van der Waals surface area contributed by atoms with Crippen LogP contribution in [-0.4, -0.2) is 53.6 Å². The number of nitrogens with zero attached hydrogens (tertiary/aromatic N) is 3. The molecule has 3 aliphatic heterocycles. The van der Waals surface area contributed by atoms with E-state index in [0.717, 1.165) is 23.2 Å². The number of fused-ring (bicyclic) bond motifs is 4. The van der Waals surface area contributed by atoms with Crippen LogP contribution in [0.3, 0.4) is 0 Å². The van der Waals surface area contributed by atoms with E-state index in [9.17, 15) is 4.79 Å². The molecule has 0 aromatic carbocycles. The van der Waals surface area contributed by atoms with Gasteiger partial charge in [0, 0.05) is 30.1 Å². The number of anilines is 1. The van der Waals surface area contributed by atoms with Gasteiger partial charge >= 0.3 is 0 Å². The van der Waals surface area contributed by atoms with Gasteiger partial charge in [-0.05, 0) is 65.6 Å². The molecule has 2 aromatic rings. The highest BCUT2D eigenvalue weighted by molar-refractivity contribution is 5.99. The van der Waals surface area contributed by atoms with Crippen molar-refractivity contribution in [1.82, 2.24) is 15.2 Å². The fourth-order valence-corrected chi connectivity index (χ4v) is 4.77. The van der Waals surface area contributed by atoms with Crippen LogP contribution in [0.15, 0.2) is 22.9 Å². The number of carbonyl (C=O) groups excluding carboxylic acids is 1. The van der Waals surface area contributed by atoms with Gasteiger partial charge in [-0.15, -0.1) is 0 Å². The smallest absolute Gasteiger partial charge is 0.270 e. The molecule has 1 atom stereocenters. The maximum Gasteiger partial charge on any atom is 0.270 e. The Morgan fingerprint density at radius 2 is 1.96 bits per heavy atom. The van der Waals surface area contributed by atoms with Gasteiger partial charge in [-0.3, -0.25) is 4.79 Å². The highest BCUT2D eigenvalue weighted by atomic mass is 16.3. The van der Waals surface area contributed by atoms with Crippen molar-refractivity contribution >= 4 is 22.6 Å². The Balaban J connectivity index is 1.59. The van der Waals surface area contributed by atoms with Gasteiger partial charge in [0.05, 0.1) is 11.9 Å². The molecule has 27 heavy (non-hydrogen) atoms. The van der Waals surface area contributed by atoms with Crippen molar-refractivity contribution in [3.05, 3.63) is 24.2 Å². The van der Waals surface area contributed by atoms with E-state index in [1.807, 2.05) is 6.07 Å². The Morgan fingerprint density at radius 3 is 2.56 bits per heavy atom. The van der Waals surface area contributed by atoms with Crippen LogP contribution in [0.2, 0.25) is 0 Å². The van der Waals surface area contributed by atoms with Crippen molar-refractivity contribution in [3.8, 4) is 0 Å². The van der Waals surface area contributed by atoms with E-state index in [1.165, 1.54) is 25.9 Å². The van der Waals surface area contributed by atoms with Crippen LogP contribution in [-0.2, 0) is 0 Å². The average molecular weight is 370 g/mol. The van der Waals surface area contributed by atoms with Crippen LogP contribution in [0, 0.1) is 5.92 Å². The van der Waals surface area contributed by atoms with Crippen molar-refractivity contribution in [2.24, 2.45) is 5.92 Å². The van der Waals surface area contributed by atoms with Gasteiger partial charge in [-0.1, -0.05) is 0 Å². The molecule has 0 spiro atoms. The van der Waals surface area contributed by atoms with Gasteiger partial charge < -0.3 is 19.5 Å². The number of pyridine rings is 1. The van der Waals surface area contributed by atoms with Gasteiger partial charge in [-0.25, -0.2) is 4.98 Å². The highest BCUT2D eigenvalue weighted by Crippen LogP contribution is 2.32. The van der Waals surface area contributed by atoms with Gasteiger partial charge in [0.1, 0.15) is 12.0 Å². The third-order valence-electron chi connectivity index (χ3n) is 6.04. The second-order valence-corrected chi connectivity index (χ2v) is 8.50. The summed E-state index contributed by atoms with van der Waals surface area (Å²) >= 11 is 0. The van der Waals surface area contributed by atoms with Crippen LogP contribution in [0.25, 0.3) is 11.0 Å². The summed E-state index contributed by atoms with van der Waals surface area (Å²) in [6, 6.07) is 2.79. The van der Waals surface area contributed by atoms with Crippen molar-refractivity contribution in [3.63, 3.8) is 0 Å². The van der Waals surface area contributed by atoms with E-state index in [2.05, 4.69) is 47.8 Å². The van der Waals surface area contributed by atoms with E-state index in [1.54, 1.807) is 12.5 Å². The van der Waals surface area contributed by atoms with Crippen LogP contribution in [0.1, 0.15) is 51.0 Å². The van der Waals surface area contributed by atoms with Crippen LogP contribution in [0.5, 0.6) is 0 Å². The summed E-state index contributed by atoms with van der Waals surface area (Å²) in [5.41, 5.74) is 2.21. The van der Waals surface area contributed by atoms with Crippen molar-refractivity contribution < 1.29 is 9.21 Å². The molecule has 1 unspecified atom stereocenters. The Bertz CT molecular complexity index is 813. The zero-order chi connectivity index (χ0) is 19.1. The second-order valence-electron chi connectivity index (χ2n) is 8.50. The standard InChI is InChI=1S/C21H30N4O2/c1-13(2)25(14(3)4)19-12-27-20-10-22-17(9-16(19)20)21(26)23-18-11-24-7-5-15(18)6-8-24/h9-10,12-15,18H,5-8,11H2,1-4H3,(H,23,26). The Morgan fingerprint density at radius 1 is 1.26 bits per heavy atom. The number of carbonyl (C=O) groups is 1. The average Bonchev–Trinajstić information content (AvgIpc) is 3.05. The summed E-state index contributed by atoms with van der Waals surface area (Å²) in [4.78, 5) is 22.0. The normalized spacial score (nSPS) is 24.7. The number of amides is 1. The number of hydrogen-bond donors (Lipinski definition) is 1. The zero-order valence-electron chi connectivity index (χ0n) is 16.7. The summed E-state index contributed by atoms with van der Waals surface area (Å²) in [6.45, 7) is 12.0. The minimum atomic E-state index is -0.0801. The number of nitrogens with one attached hydrogen (secondary N) is 1. The molecule has 0 saturated carbocycles. The quantitative estimate of drug-likeness (QED) is 0.875. The minimum Gasteiger partial charge on any atom is -0.460 e. The molecule has 5 heterocycles. The number of rotatable bonds is 5. The summed E-state index contributed by atoms with van der Waals surface area (Å²) in [5, 5.41) is 4.18. The van der Waals surface area contributed by atoms with Gasteiger partial charge in [0.25, 0.3) is 5.91 Å². The first kappa shape index (κ1) is 18.3. The molecule has 1 N–H and O–H groups in total. The molecule has 6 heteroatoms. The third-order valence-corrected chi connectivity index (χ3v) is 6.04. The molecule has 2 aromatic heterocycles. The number of furan rings is 1. The van der Waals surface area contributed by atoms with Gasteiger partial charge in [-0.2, -0.15) is 0 Å². The maximum absolute atomic E-state index is 12.9. The predicted molar refractivity (Wildman–Crippen MR) is 107 cm³/mol. The second kappa shape index (κ2) is 7.15. The SMILES string of the molecule is CC(C)N(c1coc2cnc(C(=O)NC3CN4CCC3CC4)cc12)C(C)C. The third kappa shape index (κ3) is 3.43. The monoisotopic (exact) mass is 370 g/mol. The fourth-order valence-electron chi connectivity index (χ4n) is 4.77. The number of piperidine rings is 3. The van der Waals surface area contributed by atoms with Gasteiger partial charge in [0.15, 0.2) is 5.58 Å². The first-order valence-corrected chi connectivity index (χ1v) is 10.1. The van der Waals surface area contributed by atoms with Crippen molar-refractivity contribution in [2.45, 2.75) is 58.7 Å². The molecule has 3 fully saturated rings. The summed E-state index contributed by atoms with van der Waals surface area (Å²) in [6.07, 6.45) is 5.81. The first-order chi connectivity index (χ1) is 12.9. The summed E-state index contributed by atoms with van der Waals surface area (Å²) < 4.78 is 5.71. The lowest BCUT2D eigenvalue weighted by Crippen LogP contribution is -2.57. The van der Waals surface area contributed by atoms with E-state index < -0.39 is 0 Å². The molecular weight excluding hydrogens is 340 g/mol. The maximum atomic E-state index is 12.9. The van der Waals surface area contributed by atoms with Crippen LogP contribution in [0.4, 0.5) is 5.69 Å². The lowest BCUT2D eigenvalue weighted by atomic mass is 9.84. The molecule has 2 bridgehead atoms. The molecule has 146 valence electrons. The van der Waals surface area contributed by atoms with Crippen LogP contribution >= 0.6 is 0 Å². The largest absolute Gasteiger partial charge is 0.460 e. The van der Waals surface area contributed by atoms with Crippen molar-refractivity contribution in [2.75, 3.05) is 24.5 Å². The fraction of sp³-hybridized carbons (Fsp3) is 0.619. The van der Waals surface area contributed by atoms with E-state index in [-0.39, 0.29) is 11.9 Å². The molecule has 3 aliphatic rings. The highest BCUT2D eigenvalue weighted by Gasteiger charge is 2.35. The van der Waals surface area contributed by atoms with Crippen molar-refractivity contribution in [1.29, 1.82) is 0 Å².